The Morgan fingerprint density at radius 2 is 1.92 bits per heavy atom. The van der Waals surface area contributed by atoms with E-state index in [0.29, 0.717) is 23.8 Å². The van der Waals surface area contributed by atoms with Crippen molar-refractivity contribution in [2.75, 3.05) is 18.8 Å². The first-order chi connectivity index (χ1) is 11.1. The third-order valence-electron chi connectivity index (χ3n) is 3.21. The highest BCUT2D eigenvalue weighted by molar-refractivity contribution is 14.0. The second kappa shape index (κ2) is 10.7. The number of nitrogens with one attached hydrogen (secondary N) is 1. The fourth-order valence-electron chi connectivity index (χ4n) is 2.02. The van der Waals surface area contributed by atoms with Crippen LogP contribution in [0.25, 0.3) is 0 Å². The van der Waals surface area contributed by atoms with Gasteiger partial charge in [0.2, 0.25) is 0 Å². The Morgan fingerprint density at radius 3 is 2.58 bits per heavy atom. The van der Waals surface area contributed by atoms with Gasteiger partial charge < -0.3 is 11.1 Å². The summed E-state index contributed by atoms with van der Waals surface area (Å²) in [6.07, 6.45) is 1.35. The number of thiophene rings is 1. The summed E-state index contributed by atoms with van der Waals surface area (Å²) in [7, 11) is -3.23. The molecule has 0 bridgehead atoms. The van der Waals surface area contributed by atoms with Gasteiger partial charge in [-0.15, -0.1) is 35.3 Å². The van der Waals surface area contributed by atoms with Crippen molar-refractivity contribution in [3.8, 4) is 0 Å². The van der Waals surface area contributed by atoms with E-state index in [9.17, 15) is 8.42 Å². The molecular weight excluding hydrogens is 457 g/mol. The molecule has 0 aliphatic rings. The number of benzene rings is 1. The smallest absolute Gasteiger partial charge is 0.188 e. The molecule has 24 heavy (non-hydrogen) atoms. The Kier molecular flexibility index (Phi) is 9.30. The van der Waals surface area contributed by atoms with E-state index in [2.05, 4.69) is 16.4 Å². The second-order valence-corrected chi connectivity index (χ2v) is 8.15. The van der Waals surface area contributed by atoms with E-state index < -0.39 is 9.84 Å². The molecule has 0 saturated carbocycles. The quantitative estimate of drug-likeness (QED) is 0.264. The van der Waals surface area contributed by atoms with Crippen LogP contribution < -0.4 is 11.1 Å². The summed E-state index contributed by atoms with van der Waals surface area (Å²) in [5, 5.41) is 5.08. The first kappa shape index (κ1) is 20.9. The van der Waals surface area contributed by atoms with E-state index in [4.69, 9.17) is 5.73 Å². The maximum atomic E-state index is 12.1. The van der Waals surface area contributed by atoms with Crippen molar-refractivity contribution in [2.45, 2.75) is 17.7 Å². The minimum absolute atomic E-state index is 0. The predicted molar refractivity (Wildman–Crippen MR) is 111 cm³/mol. The minimum Gasteiger partial charge on any atom is -0.370 e. The largest absolute Gasteiger partial charge is 0.370 e. The lowest BCUT2D eigenvalue weighted by Crippen LogP contribution is -2.33. The molecule has 0 saturated heterocycles. The zero-order valence-corrected chi connectivity index (χ0v) is 17.2. The van der Waals surface area contributed by atoms with Crippen molar-refractivity contribution in [3.63, 3.8) is 0 Å². The van der Waals surface area contributed by atoms with Crippen LogP contribution in [0.15, 0.2) is 57.7 Å². The summed E-state index contributed by atoms with van der Waals surface area (Å²) in [6.45, 7) is 1.11. The van der Waals surface area contributed by atoms with Gasteiger partial charge in [-0.1, -0.05) is 24.3 Å². The molecule has 5 nitrogen and oxygen atoms in total. The van der Waals surface area contributed by atoms with E-state index >= 15 is 0 Å². The van der Waals surface area contributed by atoms with Gasteiger partial charge in [0.05, 0.1) is 10.6 Å². The molecular formula is C16H22IN3O2S2. The molecule has 0 spiro atoms. The molecule has 1 aromatic heterocycles. The van der Waals surface area contributed by atoms with E-state index in [1.807, 2.05) is 11.4 Å². The summed E-state index contributed by atoms with van der Waals surface area (Å²) < 4.78 is 24.2. The second-order valence-electron chi connectivity index (χ2n) is 5.01. The van der Waals surface area contributed by atoms with Gasteiger partial charge in [-0.3, -0.25) is 4.99 Å². The summed E-state index contributed by atoms with van der Waals surface area (Å²) in [5.74, 6) is 0.432. The van der Waals surface area contributed by atoms with Crippen LogP contribution in [0.1, 0.15) is 11.3 Å². The van der Waals surface area contributed by atoms with Crippen molar-refractivity contribution in [3.05, 3.63) is 52.7 Å². The van der Waals surface area contributed by atoms with Crippen LogP contribution >= 0.6 is 35.3 Å². The van der Waals surface area contributed by atoms with Gasteiger partial charge in [-0.25, -0.2) is 8.42 Å². The number of sulfone groups is 1. The highest BCUT2D eigenvalue weighted by Crippen LogP contribution is 2.11. The summed E-state index contributed by atoms with van der Waals surface area (Å²) in [6, 6.07) is 12.6. The van der Waals surface area contributed by atoms with Gasteiger partial charge in [0, 0.05) is 18.0 Å². The Labute approximate surface area is 164 Å². The first-order valence-electron chi connectivity index (χ1n) is 7.42. The molecule has 1 aromatic carbocycles. The number of nitrogens with two attached hydrogens (primary N) is 1. The first-order valence-corrected chi connectivity index (χ1v) is 9.95. The molecule has 0 aliphatic heterocycles. The van der Waals surface area contributed by atoms with Gasteiger partial charge in [-0.2, -0.15) is 0 Å². The fourth-order valence-corrected chi connectivity index (χ4v) is 4.05. The zero-order chi connectivity index (χ0) is 16.5. The van der Waals surface area contributed by atoms with Crippen LogP contribution in [0.3, 0.4) is 0 Å². The van der Waals surface area contributed by atoms with Crippen LogP contribution in [0.4, 0.5) is 0 Å². The molecule has 0 amide bonds. The van der Waals surface area contributed by atoms with Gasteiger partial charge in [0.25, 0.3) is 0 Å². The number of guanidine groups is 1. The summed E-state index contributed by atoms with van der Waals surface area (Å²) in [5.41, 5.74) is 5.77. The van der Waals surface area contributed by atoms with Crippen LogP contribution in [-0.2, 0) is 16.3 Å². The molecule has 2 aromatic rings. The van der Waals surface area contributed by atoms with E-state index in [1.54, 1.807) is 41.7 Å². The normalized spacial score (nSPS) is 11.8. The van der Waals surface area contributed by atoms with Crippen molar-refractivity contribution >= 4 is 51.1 Å². The lowest BCUT2D eigenvalue weighted by molar-refractivity contribution is 0.593. The molecule has 0 fully saturated rings. The fraction of sp³-hybridized carbons (Fsp3) is 0.312. The van der Waals surface area contributed by atoms with Crippen molar-refractivity contribution < 1.29 is 8.42 Å². The van der Waals surface area contributed by atoms with E-state index in [-0.39, 0.29) is 29.7 Å². The average Bonchev–Trinajstić information content (AvgIpc) is 3.06. The highest BCUT2D eigenvalue weighted by atomic mass is 127. The van der Waals surface area contributed by atoms with Crippen LogP contribution in [-0.4, -0.2) is 33.2 Å². The molecule has 2 rings (SSSR count). The van der Waals surface area contributed by atoms with E-state index in [1.165, 1.54) is 4.88 Å². The molecule has 0 atom stereocenters. The van der Waals surface area contributed by atoms with Crippen LogP contribution in [0.5, 0.6) is 0 Å². The average molecular weight is 479 g/mol. The van der Waals surface area contributed by atoms with Crippen molar-refractivity contribution in [1.82, 2.24) is 5.32 Å². The van der Waals surface area contributed by atoms with Crippen LogP contribution in [0, 0.1) is 0 Å². The Bertz CT molecular complexity index is 717. The summed E-state index contributed by atoms with van der Waals surface area (Å²) in [4.78, 5) is 5.81. The SMILES string of the molecule is I.NC(=NCCCS(=O)(=O)c1ccccc1)NCCc1cccs1. The number of halogens is 1. The lowest BCUT2D eigenvalue weighted by atomic mass is 10.3. The maximum absolute atomic E-state index is 12.1. The zero-order valence-electron chi connectivity index (χ0n) is 13.2. The molecule has 0 aliphatic carbocycles. The van der Waals surface area contributed by atoms with Gasteiger partial charge in [0.15, 0.2) is 15.8 Å². The molecule has 1 heterocycles. The molecule has 132 valence electrons. The molecule has 0 radical (unpaired) electrons. The summed E-state index contributed by atoms with van der Waals surface area (Å²) >= 11 is 1.71. The Morgan fingerprint density at radius 1 is 1.17 bits per heavy atom. The number of hydrogen-bond donors (Lipinski definition) is 2. The standard InChI is InChI=1S/C16H21N3O2S2.HI/c17-16(19-11-9-14-6-4-12-22-14)18-10-5-13-23(20,21)15-7-2-1-3-8-15;/h1-4,6-8,12H,5,9-11,13H2,(H3,17,18,19);1H. The molecule has 0 unspecified atom stereocenters. The Hall–Kier alpha value is -1.13. The maximum Gasteiger partial charge on any atom is 0.188 e. The van der Waals surface area contributed by atoms with Crippen molar-refractivity contribution in [2.24, 2.45) is 10.7 Å². The molecule has 3 N–H and O–H groups in total. The highest BCUT2D eigenvalue weighted by Gasteiger charge is 2.12. The third kappa shape index (κ3) is 7.18. The van der Waals surface area contributed by atoms with Gasteiger partial charge >= 0.3 is 0 Å². The third-order valence-corrected chi connectivity index (χ3v) is 5.97. The van der Waals surface area contributed by atoms with E-state index in [0.717, 1.165) is 13.0 Å². The number of aliphatic imine (C=N–C) groups is 1. The monoisotopic (exact) mass is 479 g/mol. The van der Waals surface area contributed by atoms with Crippen LogP contribution in [0.2, 0.25) is 0 Å². The predicted octanol–water partition coefficient (Wildman–Crippen LogP) is 2.68. The van der Waals surface area contributed by atoms with Gasteiger partial charge in [-0.05, 0) is 36.4 Å². The number of rotatable bonds is 8. The van der Waals surface area contributed by atoms with Gasteiger partial charge in [0.1, 0.15) is 0 Å². The Balaban J connectivity index is 0.00000288. The molecule has 8 heteroatoms. The van der Waals surface area contributed by atoms with Crippen molar-refractivity contribution in [1.29, 1.82) is 0 Å². The lowest BCUT2D eigenvalue weighted by Gasteiger charge is -2.05. The minimum atomic E-state index is -3.23. The number of hydrogen-bond acceptors (Lipinski definition) is 4. The topological polar surface area (TPSA) is 84.5 Å². The number of nitrogens with zero attached hydrogens (tertiary/aromatic N) is 1.